The van der Waals surface area contributed by atoms with Gasteiger partial charge in [0.05, 0.1) is 17.5 Å². The minimum atomic E-state index is -3.48. The zero-order valence-corrected chi connectivity index (χ0v) is 12.6. The summed E-state index contributed by atoms with van der Waals surface area (Å²) in [6.45, 7) is 2.40. The third kappa shape index (κ3) is 2.18. The summed E-state index contributed by atoms with van der Waals surface area (Å²) < 4.78 is 27.0. The Bertz CT molecular complexity index is 612. The number of hydrogen-bond acceptors (Lipinski definition) is 3. The van der Waals surface area contributed by atoms with Gasteiger partial charge in [-0.15, -0.1) is 0 Å². The number of rotatable bonds is 3. The van der Waals surface area contributed by atoms with E-state index in [-0.39, 0.29) is 18.6 Å². The largest absolute Gasteiger partial charge is 0.395 e. The van der Waals surface area contributed by atoms with Crippen molar-refractivity contribution < 1.29 is 13.5 Å². The SMILES string of the molecule is CC1CCN(S(=O)(=O)c2ccc3c(c2)CCC3)C1CO. The molecule has 0 aromatic heterocycles. The molecule has 1 aromatic rings. The molecule has 2 aliphatic rings. The topological polar surface area (TPSA) is 57.6 Å². The van der Waals surface area contributed by atoms with E-state index in [9.17, 15) is 13.5 Å². The number of benzene rings is 1. The molecule has 1 aliphatic carbocycles. The third-order valence-corrected chi connectivity index (χ3v) is 6.62. The van der Waals surface area contributed by atoms with Gasteiger partial charge in [0, 0.05) is 6.54 Å². The fraction of sp³-hybridized carbons (Fsp3) is 0.600. The molecule has 1 N–H and O–H groups in total. The van der Waals surface area contributed by atoms with Crippen LogP contribution in [0.1, 0.15) is 30.9 Å². The average molecular weight is 295 g/mol. The Kier molecular flexibility index (Phi) is 3.60. The normalized spacial score (nSPS) is 26.9. The fourth-order valence-corrected chi connectivity index (χ4v) is 5.17. The molecule has 2 unspecified atom stereocenters. The van der Waals surface area contributed by atoms with E-state index < -0.39 is 10.0 Å². The lowest BCUT2D eigenvalue weighted by Gasteiger charge is -2.24. The van der Waals surface area contributed by atoms with Crippen LogP contribution in [0.5, 0.6) is 0 Å². The lowest BCUT2D eigenvalue weighted by Crippen LogP contribution is -2.39. The van der Waals surface area contributed by atoms with Crippen LogP contribution in [0.25, 0.3) is 0 Å². The summed E-state index contributed by atoms with van der Waals surface area (Å²) in [4.78, 5) is 0.380. The molecule has 2 atom stereocenters. The Morgan fingerprint density at radius 3 is 2.80 bits per heavy atom. The zero-order chi connectivity index (χ0) is 14.3. The number of sulfonamides is 1. The molecule has 0 spiro atoms. The first-order valence-electron chi connectivity index (χ1n) is 7.28. The molecule has 1 fully saturated rings. The molecule has 0 saturated carbocycles. The lowest BCUT2D eigenvalue weighted by atomic mass is 10.0. The molecule has 1 aliphatic heterocycles. The van der Waals surface area contributed by atoms with Crippen molar-refractivity contribution >= 4 is 10.0 Å². The summed E-state index contributed by atoms with van der Waals surface area (Å²) in [7, 11) is -3.48. The maximum Gasteiger partial charge on any atom is 0.243 e. The van der Waals surface area contributed by atoms with Crippen molar-refractivity contribution in [2.75, 3.05) is 13.2 Å². The predicted molar refractivity (Wildman–Crippen MR) is 77.0 cm³/mol. The van der Waals surface area contributed by atoms with E-state index in [2.05, 4.69) is 0 Å². The second-order valence-corrected chi connectivity index (χ2v) is 7.81. The number of nitrogens with zero attached hydrogens (tertiary/aromatic N) is 1. The van der Waals surface area contributed by atoms with E-state index in [1.807, 2.05) is 19.1 Å². The average Bonchev–Trinajstić information content (AvgIpc) is 3.03. The van der Waals surface area contributed by atoms with Crippen LogP contribution < -0.4 is 0 Å². The molecule has 1 heterocycles. The van der Waals surface area contributed by atoms with E-state index in [0.29, 0.717) is 11.4 Å². The minimum Gasteiger partial charge on any atom is -0.395 e. The smallest absolute Gasteiger partial charge is 0.243 e. The molecule has 0 amide bonds. The maximum atomic E-state index is 12.8. The van der Waals surface area contributed by atoms with Crippen molar-refractivity contribution in [3.63, 3.8) is 0 Å². The van der Waals surface area contributed by atoms with E-state index in [1.165, 1.54) is 15.4 Å². The summed E-state index contributed by atoms with van der Waals surface area (Å²) in [5.74, 6) is 0.212. The van der Waals surface area contributed by atoms with Crippen LogP contribution in [0.2, 0.25) is 0 Å². The van der Waals surface area contributed by atoms with Crippen molar-refractivity contribution in [2.45, 2.75) is 43.5 Å². The van der Waals surface area contributed by atoms with Crippen LogP contribution in [0.3, 0.4) is 0 Å². The van der Waals surface area contributed by atoms with Gasteiger partial charge in [-0.3, -0.25) is 0 Å². The molecule has 5 heteroatoms. The van der Waals surface area contributed by atoms with Crippen molar-refractivity contribution in [3.8, 4) is 0 Å². The Labute approximate surface area is 120 Å². The Balaban J connectivity index is 1.96. The second-order valence-electron chi connectivity index (χ2n) is 5.92. The molecule has 1 saturated heterocycles. The highest BCUT2D eigenvalue weighted by Crippen LogP contribution is 2.32. The molecular weight excluding hydrogens is 274 g/mol. The first kappa shape index (κ1) is 14.0. The Morgan fingerprint density at radius 2 is 2.05 bits per heavy atom. The van der Waals surface area contributed by atoms with Crippen molar-refractivity contribution in [3.05, 3.63) is 29.3 Å². The predicted octanol–water partition coefficient (Wildman–Crippen LogP) is 1.57. The lowest BCUT2D eigenvalue weighted by molar-refractivity contribution is 0.191. The molecule has 4 nitrogen and oxygen atoms in total. The number of aryl methyl sites for hydroxylation is 2. The van der Waals surface area contributed by atoms with Gasteiger partial charge in [-0.1, -0.05) is 13.0 Å². The van der Waals surface area contributed by atoms with E-state index in [1.54, 1.807) is 6.07 Å². The number of aliphatic hydroxyl groups excluding tert-OH is 1. The molecule has 110 valence electrons. The highest BCUT2D eigenvalue weighted by atomic mass is 32.2. The third-order valence-electron chi connectivity index (χ3n) is 4.70. The minimum absolute atomic E-state index is 0.106. The van der Waals surface area contributed by atoms with E-state index in [0.717, 1.165) is 25.7 Å². The molecule has 0 bridgehead atoms. The molecule has 20 heavy (non-hydrogen) atoms. The number of fused-ring (bicyclic) bond motifs is 1. The van der Waals surface area contributed by atoms with Gasteiger partial charge in [0.1, 0.15) is 0 Å². The van der Waals surface area contributed by atoms with Crippen LogP contribution in [0, 0.1) is 5.92 Å². The Morgan fingerprint density at radius 1 is 1.30 bits per heavy atom. The van der Waals surface area contributed by atoms with Crippen LogP contribution >= 0.6 is 0 Å². The van der Waals surface area contributed by atoms with Gasteiger partial charge in [-0.05, 0) is 54.9 Å². The van der Waals surface area contributed by atoms with Gasteiger partial charge in [0.2, 0.25) is 10.0 Å². The van der Waals surface area contributed by atoms with Crippen LogP contribution in [0.4, 0.5) is 0 Å². The summed E-state index contributed by atoms with van der Waals surface area (Å²) in [6.07, 6.45) is 3.95. The molecule has 0 radical (unpaired) electrons. The van der Waals surface area contributed by atoms with Gasteiger partial charge in [0.25, 0.3) is 0 Å². The first-order valence-corrected chi connectivity index (χ1v) is 8.72. The van der Waals surface area contributed by atoms with Gasteiger partial charge >= 0.3 is 0 Å². The van der Waals surface area contributed by atoms with Gasteiger partial charge in [0.15, 0.2) is 0 Å². The van der Waals surface area contributed by atoms with Crippen LogP contribution in [-0.2, 0) is 22.9 Å². The van der Waals surface area contributed by atoms with Gasteiger partial charge in [-0.25, -0.2) is 8.42 Å². The van der Waals surface area contributed by atoms with Gasteiger partial charge in [-0.2, -0.15) is 4.31 Å². The monoisotopic (exact) mass is 295 g/mol. The highest BCUT2D eigenvalue weighted by molar-refractivity contribution is 7.89. The first-order chi connectivity index (χ1) is 9.54. The van der Waals surface area contributed by atoms with E-state index >= 15 is 0 Å². The standard InChI is InChI=1S/C15H21NO3S/c1-11-7-8-16(15(11)10-17)20(18,19)14-6-5-12-3-2-4-13(12)9-14/h5-6,9,11,15,17H,2-4,7-8,10H2,1H3. The molecule has 1 aromatic carbocycles. The van der Waals surface area contributed by atoms with Crippen molar-refractivity contribution in [1.82, 2.24) is 4.31 Å². The Hall–Kier alpha value is -0.910. The quantitative estimate of drug-likeness (QED) is 0.921. The zero-order valence-electron chi connectivity index (χ0n) is 11.7. The summed E-state index contributed by atoms with van der Waals surface area (Å²) in [5, 5.41) is 9.47. The number of hydrogen-bond donors (Lipinski definition) is 1. The summed E-state index contributed by atoms with van der Waals surface area (Å²) in [5.41, 5.74) is 2.44. The summed E-state index contributed by atoms with van der Waals surface area (Å²) >= 11 is 0. The van der Waals surface area contributed by atoms with Crippen LogP contribution in [-0.4, -0.2) is 37.0 Å². The van der Waals surface area contributed by atoms with Crippen molar-refractivity contribution in [2.24, 2.45) is 5.92 Å². The van der Waals surface area contributed by atoms with Crippen LogP contribution in [0.15, 0.2) is 23.1 Å². The fourth-order valence-electron chi connectivity index (χ4n) is 3.39. The van der Waals surface area contributed by atoms with Gasteiger partial charge < -0.3 is 5.11 Å². The molecule has 3 rings (SSSR count). The second kappa shape index (κ2) is 5.13. The summed E-state index contributed by atoms with van der Waals surface area (Å²) in [6, 6.07) is 5.21. The van der Waals surface area contributed by atoms with Crippen molar-refractivity contribution in [1.29, 1.82) is 0 Å². The van der Waals surface area contributed by atoms with E-state index in [4.69, 9.17) is 0 Å². The molecular formula is C15H21NO3S. The maximum absolute atomic E-state index is 12.8. The highest BCUT2D eigenvalue weighted by Gasteiger charge is 2.39. The number of aliphatic hydroxyl groups is 1.